The highest BCUT2D eigenvalue weighted by atomic mass is 35.5. The van der Waals surface area contributed by atoms with Crippen molar-refractivity contribution in [3.8, 4) is 0 Å². The first-order chi connectivity index (χ1) is 16.6. The zero-order valence-electron chi connectivity index (χ0n) is 21.3. The number of hydrogen-bond acceptors (Lipinski definition) is 2. The molecule has 2 saturated carbocycles. The summed E-state index contributed by atoms with van der Waals surface area (Å²) in [7, 11) is 0. The SMILES string of the molecule is CCCCCCCCCCN[C@]12CCC[C@](NC(c3ccccc3)c3cccc(Cl)c3)(CC1)C2. The normalized spacial score (nSPS) is 24.9. The first kappa shape index (κ1) is 25.7. The van der Waals surface area contributed by atoms with Gasteiger partial charge in [-0.15, -0.1) is 0 Å². The van der Waals surface area contributed by atoms with Crippen molar-refractivity contribution < 1.29 is 0 Å². The van der Waals surface area contributed by atoms with Gasteiger partial charge in [0.2, 0.25) is 0 Å². The van der Waals surface area contributed by atoms with Crippen molar-refractivity contribution in [2.24, 2.45) is 0 Å². The van der Waals surface area contributed by atoms with Crippen molar-refractivity contribution in [3.63, 3.8) is 0 Å². The van der Waals surface area contributed by atoms with E-state index in [1.807, 2.05) is 6.07 Å². The van der Waals surface area contributed by atoms with Gasteiger partial charge >= 0.3 is 0 Å². The molecule has 3 atom stereocenters. The van der Waals surface area contributed by atoms with Gasteiger partial charge in [-0.25, -0.2) is 0 Å². The van der Waals surface area contributed by atoms with E-state index < -0.39 is 0 Å². The Hall–Kier alpha value is -1.35. The molecule has 0 amide bonds. The van der Waals surface area contributed by atoms with Crippen LogP contribution in [-0.2, 0) is 0 Å². The van der Waals surface area contributed by atoms with Crippen molar-refractivity contribution in [2.45, 2.75) is 114 Å². The molecule has 0 spiro atoms. The summed E-state index contributed by atoms with van der Waals surface area (Å²) >= 11 is 6.41. The number of hydrogen-bond donors (Lipinski definition) is 2. The molecular weight excluding hydrogens is 436 g/mol. The molecule has 2 aliphatic rings. The quantitative estimate of drug-likeness (QED) is 0.264. The predicted molar refractivity (Wildman–Crippen MR) is 147 cm³/mol. The summed E-state index contributed by atoms with van der Waals surface area (Å²) < 4.78 is 0. The molecule has 1 unspecified atom stereocenters. The van der Waals surface area contributed by atoms with E-state index in [4.69, 9.17) is 11.6 Å². The summed E-state index contributed by atoms with van der Waals surface area (Å²) in [6.45, 7) is 3.48. The van der Waals surface area contributed by atoms with Crippen LogP contribution in [0.2, 0.25) is 5.02 Å². The fourth-order valence-corrected chi connectivity index (χ4v) is 6.74. The lowest BCUT2D eigenvalue weighted by molar-refractivity contribution is 0.187. The van der Waals surface area contributed by atoms with Gasteiger partial charge < -0.3 is 10.6 Å². The zero-order chi connectivity index (χ0) is 23.7. The van der Waals surface area contributed by atoms with Crippen molar-refractivity contribution in [2.75, 3.05) is 6.54 Å². The molecule has 2 nitrogen and oxygen atoms in total. The smallest absolute Gasteiger partial charge is 0.0581 e. The summed E-state index contributed by atoms with van der Waals surface area (Å²) in [5, 5.41) is 9.06. The molecule has 2 aliphatic carbocycles. The maximum absolute atomic E-state index is 6.41. The Morgan fingerprint density at radius 3 is 2.21 bits per heavy atom. The van der Waals surface area contributed by atoms with Crippen LogP contribution >= 0.6 is 11.6 Å². The Morgan fingerprint density at radius 2 is 1.44 bits per heavy atom. The molecule has 3 heteroatoms. The van der Waals surface area contributed by atoms with E-state index in [2.05, 4.69) is 66.1 Å². The Morgan fingerprint density at radius 1 is 0.765 bits per heavy atom. The van der Waals surface area contributed by atoms with E-state index in [-0.39, 0.29) is 11.6 Å². The molecule has 0 heterocycles. The average molecular weight is 481 g/mol. The molecule has 2 bridgehead atoms. The Balaban J connectivity index is 1.34. The van der Waals surface area contributed by atoms with Gasteiger partial charge in [-0.3, -0.25) is 0 Å². The molecule has 2 N–H and O–H groups in total. The minimum atomic E-state index is 0.182. The Labute approximate surface area is 213 Å². The highest BCUT2D eigenvalue weighted by molar-refractivity contribution is 6.30. The van der Waals surface area contributed by atoms with E-state index in [0.717, 1.165) is 5.02 Å². The maximum atomic E-state index is 6.41. The third-order valence-corrected chi connectivity index (χ3v) is 8.60. The average Bonchev–Trinajstić information content (AvgIpc) is 3.12. The van der Waals surface area contributed by atoms with Crippen LogP contribution in [0.5, 0.6) is 0 Å². The van der Waals surface area contributed by atoms with Gasteiger partial charge in [0.1, 0.15) is 0 Å². The monoisotopic (exact) mass is 480 g/mol. The molecular formula is C31H45ClN2. The number of unbranched alkanes of at least 4 members (excludes halogenated alkanes) is 7. The number of fused-ring (bicyclic) bond motifs is 2. The molecule has 0 radical (unpaired) electrons. The number of rotatable bonds is 14. The molecule has 0 aromatic heterocycles. The fraction of sp³-hybridized carbons (Fsp3) is 0.613. The van der Waals surface area contributed by atoms with Crippen LogP contribution in [0.4, 0.5) is 0 Å². The Bertz CT molecular complexity index is 869. The summed E-state index contributed by atoms with van der Waals surface area (Å²) in [6, 6.07) is 19.5. The first-order valence-corrected chi connectivity index (χ1v) is 14.3. The topological polar surface area (TPSA) is 24.1 Å². The standard InChI is InChI=1S/C31H45ClN2/c1-2-3-4-5-6-7-8-12-23-33-30-19-14-20-31(25-30,22-21-30)34-29(26-15-10-9-11-16-26)27-17-13-18-28(32)24-27/h9-11,13,15-18,24,29,33-34H,2-8,12,14,19-23,25H2,1H3/t29?,30-,31+/m1/s1. The molecule has 2 aromatic carbocycles. The second-order valence-electron chi connectivity index (χ2n) is 11.0. The molecule has 4 rings (SSSR count). The number of halogens is 1. The number of benzene rings is 2. The summed E-state index contributed by atoms with van der Waals surface area (Å²) in [4.78, 5) is 0. The van der Waals surface area contributed by atoms with E-state index in [0.29, 0.717) is 5.54 Å². The fourth-order valence-electron chi connectivity index (χ4n) is 6.54. The minimum Gasteiger partial charge on any atom is -0.311 e. The van der Waals surface area contributed by atoms with Crippen LogP contribution in [-0.4, -0.2) is 17.6 Å². The van der Waals surface area contributed by atoms with Crippen LogP contribution in [0, 0.1) is 0 Å². The number of nitrogens with one attached hydrogen (secondary N) is 2. The zero-order valence-corrected chi connectivity index (χ0v) is 22.0. The van der Waals surface area contributed by atoms with Gasteiger partial charge in [0.15, 0.2) is 0 Å². The third-order valence-electron chi connectivity index (χ3n) is 8.37. The van der Waals surface area contributed by atoms with E-state index in [1.54, 1.807) is 0 Å². The molecule has 34 heavy (non-hydrogen) atoms. The second kappa shape index (κ2) is 12.6. The van der Waals surface area contributed by atoms with E-state index >= 15 is 0 Å². The lowest BCUT2D eigenvalue weighted by Gasteiger charge is -2.43. The van der Waals surface area contributed by atoms with Gasteiger partial charge in [-0.05, 0) is 74.8 Å². The minimum absolute atomic E-state index is 0.182. The molecule has 2 fully saturated rings. The first-order valence-electron chi connectivity index (χ1n) is 14.0. The summed E-state index contributed by atoms with van der Waals surface area (Å²) in [5.74, 6) is 0. The van der Waals surface area contributed by atoms with Gasteiger partial charge in [0.05, 0.1) is 6.04 Å². The third kappa shape index (κ3) is 6.86. The van der Waals surface area contributed by atoms with Crippen LogP contribution in [0.3, 0.4) is 0 Å². The van der Waals surface area contributed by atoms with E-state index in [9.17, 15) is 0 Å². The highest BCUT2D eigenvalue weighted by Crippen LogP contribution is 2.49. The predicted octanol–water partition coefficient (Wildman–Crippen LogP) is 8.59. The van der Waals surface area contributed by atoms with Crippen molar-refractivity contribution in [1.82, 2.24) is 10.6 Å². The Kier molecular flexibility index (Phi) is 9.51. The van der Waals surface area contributed by atoms with Crippen LogP contribution in [0.15, 0.2) is 54.6 Å². The van der Waals surface area contributed by atoms with Crippen LogP contribution in [0.25, 0.3) is 0 Å². The van der Waals surface area contributed by atoms with Crippen molar-refractivity contribution >= 4 is 11.6 Å². The molecule has 2 aromatic rings. The second-order valence-corrected chi connectivity index (χ2v) is 11.5. The van der Waals surface area contributed by atoms with Crippen LogP contribution in [0.1, 0.15) is 114 Å². The molecule has 0 aliphatic heterocycles. The van der Waals surface area contributed by atoms with Crippen molar-refractivity contribution in [3.05, 3.63) is 70.7 Å². The van der Waals surface area contributed by atoms with Gasteiger partial charge in [-0.1, -0.05) is 106 Å². The van der Waals surface area contributed by atoms with Gasteiger partial charge in [-0.2, -0.15) is 0 Å². The van der Waals surface area contributed by atoms with E-state index in [1.165, 1.54) is 108 Å². The van der Waals surface area contributed by atoms with Gasteiger partial charge in [0.25, 0.3) is 0 Å². The van der Waals surface area contributed by atoms with Gasteiger partial charge in [0, 0.05) is 16.1 Å². The lowest BCUT2D eigenvalue weighted by Crippen LogP contribution is -2.53. The van der Waals surface area contributed by atoms with Crippen LogP contribution < -0.4 is 10.6 Å². The lowest BCUT2D eigenvalue weighted by atomic mass is 9.77. The van der Waals surface area contributed by atoms with Crippen molar-refractivity contribution in [1.29, 1.82) is 0 Å². The largest absolute Gasteiger partial charge is 0.311 e. The highest BCUT2D eigenvalue weighted by Gasteiger charge is 2.51. The molecule has 0 saturated heterocycles. The maximum Gasteiger partial charge on any atom is 0.0581 e. The molecule has 186 valence electrons. The summed E-state index contributed by atoms with van der Waals surface area (Å²) in [5.41, 5.74) is 3.15. The summed E-state index contributed by atoms with van der Waals surface area (Å²) in [6.07, 6.45) is 18.9.